The number of rotatable bonds is 5. The summed E-state index contributed by atoms with van der Waals surface area (Å²) < 4.78 is 2.06. The second-order valence-electron chi connectivity index (χ2n) is 4.77. The van der Waals surface area contributed by atoms with Crippen molar-refractivity contribution >= 4 is 0 Å². The quantitative estimate of drug-likeness (QED) is 0.782. The summed E-state index contributed by atoms with van der Waals surface area (Å²) in [4.78, 5) is 4.30. The van der Waals surface area contributed by atoms with Gasteiger partial charge in [0.05, 0.1) is 6.54 Å². The molecule has 2 rings (SSSR count). The SMILES string of the molecule is CC(CC1CCCN1)NCc1nccn1C. The van der Waals surface area contributed by atoms with Gasteiger partial charge in [0, 0.05) is 31.5 Å². The maximum absolute atomic E-state index is 4.30. The van der Waals surface area contributed by atoms with E-state index < -0.39 is 0 Å². The molecule has 1 saturated heterocycles. The van der Waals surface area contributed by atoms with Crippen LogP contribution in [-0.4, -0.2) is 28.2 Å². The number of aryl methyl sites for hydroxylation is 1. The van der Waals surface area contributed by atoms with E-state index in [1.165, 1.54) is 25.8 Å². The maximum atomic E-state index is 4.30. The van der Waals surface area contributed by atoms with Crippen LogP contribution in [0.1, 0.15) is 32.0 Å². The average molecular weight is 222 g/mol. The minimum absolute atomic E-state index is 0.548. The Hall–Kier alpha value is -0.870. The van der Waals surface area contributed by atoms with Gasteiger partial charge in [0.25, 0.3) is 0 Å². The molecule has 16 heavy (non-hydrogen) atoms. The first-order valence-corrected chi connectivity index (χ1v) is 6.18. The van der Waals surface area contributed by atoms with E-state index in [2.05, 4.69) is 27.1 Å². The second-order valence-corrected chi connectivity index (χ2v) is 4.77. The summed E-state index contributed by atoms with van der Waals surface area (Å²) in [5, 5.41) is 7.06. The third kappa shape index (κ3) is 3.06. The lowest BCUT2D eigenvalue weighted by atomic mass is 10.1. The fourth-order valence-corrected chi connectivity index (χ4v) is 2.30. The summed E-state index contributed by atoms with van der Waals surface area (Å²) in [6.07, 6.45) is 7.70. The number of nitrogens with zero attached hydrogens (tertiary/aromatic N) is 2. The molecule has 0 saturated carbocycles. The van der Waals surface area contributed by atoms with Crippen LogP contribution in [0.2, 0.25) is 0 Å². The number of hydrogen-bond acceptors (Lipinski definition) is 3. The molecule has 90 valence electrons. The van der Waals surface area contributed by atoms with Crippen LogP contribution in [-0.2, 0) is 13.6 Å². The van der Waals surface area contributed by atoms with Crippen molar-refractivity contribution in [3.63, 3.8) is 0 Å². The Morgan fingerprint density at radius 3 is 3.19 bits per heavy atom. The normalized spacial score (nSPS) is 22.5. The van der Waals surface area contributed by atoms with Crippen molar-refractivity contribution in [1.29, 1.82) is 0 Å². The summed E-state index contributed by atoms with van der Waals surface area (Å²) in [6.45, 7) is 4.30. The highest BCUT2D eigenvalue weighted by molar-refractivity contribution is 4.91. The van der Waals surface area contributed by atoms with Gasteiger partial charge in [-0.15, -0.1) is 0 Å². The highest BCUT2D eigenvalue weighted by Gasteiger charge is 2.16. The van der Waals surface area contributed by atoms with Gasteiger partial charge in [0.2, 0.25) is 0 Å². The van der Waals surface area contributed by atoms with E-state index in [-0.39, 0.29) is 0 Å². The zero-order valence-electron chi connectivity index (χ0n) is 10.2. The summed E-state index contributed by atoms with van der Waals surface area (Å²) in [5.74, 6) is 1.10. The molecule has 2 atom stereocenters. The van der Waals surface area contributed by atoms with Gasteiger partial charge in [-0.05, 0) is 32.7 Å². The molecule has 2 heterocycles. The van der Waals surface area contributed by atoms with E-state index in [0.717, 1.165) is 12.4 Å². The lowest BCUT2D eigenvalue weighted by Gasteiger charge is -2.18. The van der Waals surface area contributed by atoms with Gasteiger partial charge < -0.3 is 15.2 Å². The Balaban J connectivity index is 1.71. The first kappa shape index (κ1) is 11.6. The van der Waals surface area contributed by atoms with E-state index in [4.69, 9.17) is 0 Å². The third-order valence-corrected chi connectivity index (χ3v) is 3.33. The predicted octanol–water partition coefficient (Wildman–Crippen LogP) is 1.04. The molecule has 1 fully saturated rings. The van der Waals surface area contributed by atoms with Gasteiger partial charge in [0.1, 0.15) is 5.82 Å². The largest absolute Gasteiger partial charge is 0.337 e. The van der Waals surface area contributed by atoms with Crippen LogP contribution >= 0.6 is 0 Å². The van der Waals surface area contributed by atoms with Crippen LogP contribution in [0.3, 0.4) is 0 Å². The van der Waals surface area contributed by atoms with Crippen LogP contribution in [0.5, 0.6) is 0 Å². The molecule has 1 aliphatic rings. The smallest absolute Gasteiger partial charge is 0.122 e. The fourth-order valence-electron chi connectivity index (χ4n) is 2.30. The summed E-state index contributed by atoms with van der Waals surface area (Å²) >= 11 is 0. The van der Waals surface area contributed by atoms with Gasteiger partial charge >= 0.3 is 0 Å². The van der Waals surface area contributed by atoms with Crippen LogP contribution in [0.15, 0.2) is 12.4 Å². The van der Waals surface area contributed by atoms with Crippen molar-refractivity contribution in [2.45, 2.75) is 44.8 Å². The van der Waals surface area contributed by atoms with Gasteiger partial charge in [0.15, 0.2) is 0 Å². The summed E-state index contributed by atoms with van der Waals surface area (Å²) in [5.41, 5.74) is 0. The molecule has 0 bridgehead atoms. The van der Waals surface area contributed by atoms with Crippen LogP contribution in [0.25, 0.3) is 0 Å². The molecule has 1 aliphatic heterocycles. The zero-order chi connectivity index (χ0) is 11.4. The standard InChI is InChI=1S/C12H22N4/c1-10(8-11-4-3-5-13-11)15-9-12-14-6-7-16(12)2/h6-7,10-11,13,15H,3-5,8-9H2,1-2H3. The van der Waals surface area contributed by atoms with Crippen LogP contribution in [0, 0.1) is 0 Å². The molecule has 0 spiro atoms. The monoisotopic (exact) mass is 222 g/mol. The van der Waals surface area contributed by atoms with Crippen molar-refractivity contribution in [2.24, 2.45) is 7.05 Å². The van der Waals surface area contributed by atoms with Crippen molar-refractivity contribution in [1.82, 2.24) is 20.2 Å². The molecule has 2 N–H and O–H groups in total. The molecule has 0 aliphatic carbocycles. The molecule has 1 aromatic rings. The van der Waals surface area contributed by atoms with Gasteiger partial charge in [-0.3, -0.25) is 0 Å². The predicted molar refractivity (Wildman–Crippen MR) is 65.2 cm³/mol. The average Bonchev–Trinajstić information content (AvgIpc) is 2.87. The Labute approximate surface area is 97.4 Å². The van der Waals surface area contributed by atoms with E-state index >= 15 is 0 Å². The van der Waals surface area contributed by atoms with Crippen molar-refractivity contribution < 1.29 is 0 Å². The second kappa shape index (κ2) is 5.46. The lowest BCUT2D eigenvalue weighted by molar-refractivity contribution is 0.433. The van der Waals surface area contributed by atoms with Gasteiger partial charge in [-0.2, -0.15) is 0 Å². The van der Waals surface area contributed by atoms with Crippen molar-refractivity contribution in [2.75, 3.05) is 6.54 Å². The van der Waals surface area contributed by atoms with E-state index in [1.807, 2.05) is 19.4 Å². The fraction of sp³-hybridized carbons (Fsp3) is 0.750. The molecule has 1 aromatic heterocycles. The summed E-state index contributed by atoms with van der Waals surface area (Å²) in [6, 6.07) is 1.26. The third-order valence-electron chi connectivity index (χ3n) is 3.33. The Kier molecular flexibility index (Phi) is 3.96. The first-order chi connectivity index (χ1) is 7.75. The van der Waals surface area contributed by atoms with Crippen molar-refractivity contribution in [3.8, 4) is 0 Å². The number of aromatic nitrogens is 2. The van der Waals surface area contributed by atoms with Crippen LogP contribution in [0.4, 0.5) is 0 Å². The van der Waals surface area contributed by atoms with E-state index in [1.54, 1.807) is 0 Å². The zero-order valence-corrected chi connectivity index (χ0v) is 10.2. The molecular formula is C12H22N4. The molecule has 0 amide bonds. The maximum Gasteiger partial charge on any atom is 0.122 e. The summed E-state index contributed by atoms with van der Waals surface area (Å²) in [7, 11) is 2.03. The van der Waals surface area contributed by atoms with Crippen molar-refractivity contribution in [3.05, 3.63) is 18.2 Å². The van der Waals surface area contributed by atoms with Gasteiger partial charge in [-0.1, -0.05) is 0 Å². The molecule has 4 heteroatoms. The van der Waals surface area contributed by atoms with E-state index in [9.17, 15) is 0 Å². The molecule has 4 nitrogen and oxygen atoms in total. The molecule has 2 unspecified atom stereocenters. The number of hydrogen-bond donors (Lipinski definition) is 2. The topological polar surface area (TPSA) is 41.9 Å². The minimum Gasteiger partial charge on any atom is -0.337 e. The Bertz CT molecular complexity index is 315. The minimum atomic E-state index is 0.548. The lowest BCUT2D eigenvalue weighted by Crippen LogP contribution is -2.34. The highest BCUT2D eigenvalue weighted by atomic mass is 15.1. The number of nitrogens with one attached hydrogen (secondary N) is 2. The molecule has 0 aromatic carbocycles. The molecule has 0 radical (unpaired) electrons. The molecular weight excluding hydrogens is 200 g/mol. The van der Waals surface area contributed by atoms with Crippen LogP contribution < -0.4 is 10.6 Å². The Morgan fingerprint density at radius 1 is 1.69 bits per heavy atom. The van der Waals surface area contributed by atoms with E-state index in [0.29, 0.717) is 12.1 Å². The Morgan fingerprint density at radius 2 is 2.56 bits per heavy atom. The first-order valence-electron chi connectivity index (χ1n) is 6.18. The van der Waals surface area contributed by atoms with Gasteiger partial charge in [-0.25, -0.2) is 4.98 Å². The highest BCUT2D eigenvalue weighted by Crippen LogP contribution is 2.10. The number of imidazole rings is 1.